The van der Waals surface area contributed by atoms with Crippen molar-refractivity contribution in [1.29, 1.82) is 0 Å². The zero-order chi connectivity index (χ0) is 20.9. The molecule has 30 heavy (non-hydrogen) atoms. The Kier molecular flexibility index (Phi) is 4.27. The van der Waals surface area contributed by atoms with Crippen molar-refractivity contribution in [1.82, 2.24) is 20.4 Å². The topological polar surface area (TPSA) is 98.3 Å². The van der Waals surface area contributed by atoms with Crippen LogP contribution >= 0.6 is 0 Å². The number of likely N-dealkylation sites (tertiary alicyclic amines) is 1. The number of aromatic amines is 1. The fourth-order valence-electron chi connectivity index (χ4n) is 4.65. The van der Waals surface area contributed by atoms with Gasteiger partial charge in [0, 0.05) is 30.1 Å². The van der Waals surface area contributed by atoms with E-state index in [0.717, 1.165) is 35.7 Å². The predicted octanol–water partition coefficient (Wildman–Crippen LogP) is 3.00. The number of aromatic hydroxyl groups is 1. The lowest BCUT2D eigenvalue weighted by molar-refractivity contribution is 0.0720. The Morgan fingerprint density at radius 3 is 2.90 bits per heavy atom. The van der Waals surface area contributed by atoms with Gasteiger partial charge < -0.3 is 15.3 Å². The number of nitrogens with zero attached hydrogens (tertiary/aromatic N) is 2. The number of benzene rings is 2. The van der Waals surface area contributed by atoms with Crippen LogP contribution in [0.1, 0.15) is 45.5 Å². The summed E-state index contributed by atoms with van der Waals surface area (Å²) >= 11 is 0. The third-order valence-corrected chi connectivity index (χ3v) is 6.37. The Morgan fingerprint density at radius 1 is 1.30 bits per heavy atom. The number of phenols is 1. The van der Waals surface area contributed by atoms with Gasteiger partial charge in [-0.2, -0.15) is 5.10 Å². The highest BCUT2D eigenvalue weighted by molar-refractivity contribution is 6.06. The molecule has 5 rings (SSSR count). The van der Waals surface area contributed by atoms with E-state index >= 15 is 0 Å². The summed E-state index contributed by atoms with van der Waals surface area (Å²) in [5, 5.41) is 20.6. The maximum absolute atomic E-state index is 13.2. The van der Waals surface area contributed by atoms with Gasteiger partial charge in [-0.05, 0) is 67.5 Å². The molecule has 2 heterocycles. The van der Waals surface area contributed by atoms with Gasteiger partial charge >= 0.3 is 0 Å². The number of aromatic nitrogens is 2. The molecule has 1 saturated carbocycles. The number of carbonyl (C=O) groups excluding carboxylic acids is 2. The molecular weight excluding hydrogens is 380 g/mol. The number of fused-ring (bicyclic) bond motifs is 1. The van der Waals surface area contributed by atoms with Gasteiger partial charge in [-0.25, -0.2) is 0 Å². The molecular formula is C23H24N4O3. The van der Waals surface area contributed by atoms with Gasteiger partial charge in [0.15, 0.2) is 0 Å². The number of hydrogen-bond donors (Lipinski definition) is 3. The molecule has 2 aromatic carbocycles. The largest absolute Gasteiger partial charge is 0.508 e. The van der Waals surface area contributed by atoms with Crippen LogP contribution in [0.25, 0.3) is 10.9 Å². The smallest absolute Gasteiger partial charge is 0.254 e. The third-order valence-electron chi connectivity index (χ3n) is 6.37. The Bertz CT molecular complexity index is 1130. The van der Waals surface area contributed by atoms with E-state index in [1.54, 1.807) is 24.4 Å². The second-order valence-corrected chi connectivity index (χ2v) is 8.70. The van der Waals surface area contributed by atoms with Gasteiger partial charge in [-0.15, -0.1) is 0 Å². The number of H-pyrrole nitrogens is 1. The first-order chi connectivity index (χ1) is 14.4. The number of rotatable bonds is 4. The van der Waals surface area contributed by atoms with Crippen LogP contribution in [0.5, 0.6) is 5.75 Å². The van der Waals surface area contributed by atoms with E-state index in [4.69, 9.17) is 0 Å². The molecule has 1 aromatic heterocycles. The van der Waals surface area contributed by atoms with Crippen molar-refractivity contribution in [2.75, 3.05) is 13.1 Å². The summed E-state index contributed by atoms with van der Waals surface area (Å²) in [4.78, 5) is 27.9. The van der Waals surface area contributed by atoms with Crippen LogP contribution in [0.4, 0.5) is 0 Å². The van der Waals surface area contributed by atoms with Crippen molar-refractivity contribution >= 4 is 22.7 Å². The molecule has 7 nitrogen and oxygen atoms in total. The Hall–Kier alpha value is -3.35. The van der Waals surface area contributed by atoms with Crippen LogP contribution in [-0.2, 0) is 0 Å². The van der Waals surface area contributed by atoms with Crippen molar-refractivity contribution in [2.24, 2.45) is 5.41 Å². The highest BCUT2D eigenvalue weighted by Crippen LogP contribution is 2.54. The fraction of sp³-hybridized carbons (Fsp3) is 0.348. The van der Waals surface area contributed by atoms with Crippen molar-refractivity contribution in [3.8, 4) is 5.75 Å². The normalized spacial score (nSPS) is 19.4. The molecule has 2 aliphatic rings. The maximum atomic E-state index is 13.2. The minimum Gasteiger partial charge on any atom is -0.508 e. The molecule has 154 valence electrons. The van der Waals surface area contributed by atoms with E-state index < -0.39 is 0 Å². The highest BCUT2D eigenvalue weighted by atomic mass is 16.3. The Balaban J connectivity index is 1.34. The average molecular weight is 404 g/mol. The van der Waals surface area contributed by atoms with Gasteiger partial charge in [-0.3, -0.25) is 14.7 Å². The zero-order valence-corrected chi connectivity index (χ0v) is 16.8. The SMILES string of the molecule is Cc1cc(O)cc(C(=O)N2CC3(CC3)CC2CNC(=O)c2cccc3[nH]ncc23)c1. The van der Waals surface area contributed by atoms with Crippen LogP contribution in [0.15, 0.2) is 42.6 Å². The van der Waals surface area contributed by atoms with Crippen LogP contribution in [0, 0.1) is 12.3 Å². The molecule has 1 atom stereocenters. The van der Waals surface area contributed by atoms with Crippen LogP contribution in [-0.4, -0.2) is 51.1 Å². The van der Waals surface area contributed by atoms with Gasteiger partial charge in [0.25, 0.3) is 11.8 Å². The first kappa shape index (κ1) is 18.7. The first-order valence-electron chi connectivity index (χ1n) is 10.3. The lowest BCUT2D eigenvalue weighted by Crippen LogP contribution is -2.43. The zero-order valence-electron chi connectivity index (χ0n) is 16.8. The average Bonchev–Trinajstić information content (AvgIpc) is 3.13. The number of nitrogens with one attached hydrogen (secondary N) is 2. The summed E-state index contributed by atoms with van der Waals surface area (Å²) in [7, 11) is 0. The molecule has 1 saturated heterocycles. The molecule has 1 aliphatic heterocycles. The molecule has 0 bridgehead atoms. The first-order valence-corrected chi connectivity index (χ1v) is 10.3. The van der Waals surface area contributed by atoms with Crippen molar-refractivity contribution in [3.05, 3.63) is 59.3 Å². The minimum atomic E-state index is -0.167. The number of amides is 2. The highest BCUT2D eigenvalue weighted by Gasteiger charge is 2.53. The lowest BCUT2D eigenvalue weighted by Gasteiger charge is -2.25. The Morgan fingerprint density at radius 2 is 2.13 bits per heavy atom. The molecule has 3 N–H and O–H groups in total. The van der Waals surface area contributed by atoms with Crippen molar-refractivity contribution in [3.63, 3.8) is 0 Å². The van der Waals surface area contributed by atoms with Gasteiger partial charge in [0.05, 0.1) is 17.3 Å². The molecule has 1 aliphatic carbocycles. The van der Waals surface area contributed by atoms with E-state index in [1.807, 2.05) is 24.0 Å². The molecule has 1 unspecified atom stereocenters. The van der Waals surface area contributed by atoms with Gasteiger partial charge in [0.2, 0.25) is 0 Å². The summed E-state index contributed by atoms with van der Waals surface area (Å²) in [6.07, 6.45) is 4.79. The number of aryl methyl sites for hydroxylation is 1. The van der Waals surface area contributed by atoms with Gasteiger partial charge in [0.1, 0.15) is 5.75 Å². The summed E-state index contributed by atoms with van der Waals surface area (Å²) in [5.74, 6) is -0.162. The van der Waals surface area contributed by atoms with Gasteiger partial charge in [-0.1, -0.05) is 6.07 Å². The van der Waals surface area contributed by atoms with E-state index in [2.05, 4.69) is 15.5 Å². The van der Waals surface area contributed by atoms with Crippen LogP contribution in [0.2, 0.25) is 0 Å². The fourth-order valence-corrected chi connectivity index (χ4v) is 4.65. The number of carbonyl (C=O) groups is 2. The van der Waals surface area contributed by atoms with E-state index in [-0.39, 0.29) is 29.0 Å². The van der Waals surface area contributed by atoms with Crippen LogP contribution < -0.4 is 5.32 Å². The van der Waals surface area contributed by atoms with E-state index in [9.17, 15) is 14.7 Å². The molecule has 3 aromatic rings. The molecule has 1 spiro atoms. The third kappa shape index (κ3) is 3.30. The van der Waals surface area contributed by atoms with E-state index in [0.29, 0.717) is 24.2 Å². The standard InChI is InChI=1S/C23H24N4O3/c1-14-7-15(9-17(28)8-14)22(30)27-13-23(5-6-23)10-16(27)11-24-21(29)18-3-2-4-20-19(18)12-25-26-20/h2-4,7-9,12,16,28H,5-6,10-11,13H2,1H3,(H,24,29)(H,25,26). The molecule has 2 fully saturated rings. The van der Waals surface area contributed by atoms with Crippen molar-refractivity contribution in [2.45, 2.75) is 32.2 Å². The quantitative estimate of drug-likeness (QED) is 0.623. The lowest BCUT2D eigenvalue weighted by atomic mass is 10.0. The second-order valence-electron chi connectivity index (χ2n) is 8.70. The minimum absolute atomic E-state index is 0.0600. The van der Waals surface area contributed by atoms with E-state index in [1.165, 1.54) is 6.07 Å². The maximum Gasteiger partial charge on any atom is 0.254 e. The van der Waals surface area contributed by atoms with Crippen LogP contribution in [0.3, 0.4) is 0 Å². The second kappa shape index (κ2) is 6.86. The summed E-state index contributed by atoms with van der Waals surface area (Å²) in [6, 6.07) is 10.4. The summed E-state index contributed by atoms with van der Waals surface area (Å²) in [5.41, 5.74) is 2.92. The number of hydrogen-bond acceptors (Lipinski definition) is 4. The monoisotopic (exact) mass is 404 g/mol. The molecule has 2 amide bonds. The molecule has 7 heteroatoms. The van der Waals surface area contributed by atoms with Crippen molar-refractivity contribution < 1.29 is 14.7 Å². The predicted molar refractivity (Wildman–Crippen MR) is 112 cm³/mol. The number of phenolic OH excluding ortho intramolecular Hbond substituents is 1. The Labute approximate surface area is 174 Å². The summed E-state index contributed by atoms with van der Waals surface area (Å²) < 4.78 is 0. The summed E-state index contributed by atoms with van der Waals surface area (Å²) in [6.45, 7) is 2.97. The molecule has 0 radical (unpaired) electrons.